The highest BCUT2D eigenvalue weighted by atomic mass is 32.2. The second-order valence-corrected chi connectivity index (χ2v) is 12.1. The Morgan fingerprint density at radius 3 is 1.07 bits per heavy atom. The van der Waals surface area contributed by atoms with Crippen LogP contribution in [0.5, 0.6) is 34.5 Å². The highest BCUT2D eigenvalue weighted by molar-refractivity contribution is 7.92. The van der Waals surface area contributed by atoms with E-state index in [-0.39, 0.29) is 23.0 Å². The Labute approximate surface area is 265 Å². The van der Waals surface area contributed by atoms with Crippen LogP contribution >= 0.6 is 0 Å². The van der Waals surface area contributed by atoms with Crippen LogP contribution in [0.1, 0.15) is 32.8 Å². The molecule has 0 fully saturated rings. The molecule has 0 saturated carbocycles. The summed E-state index contributed by atoms with van der Waals surface area (Å²) in [6.07, 6.45) is 6.82. The van der Waals surface area contributed by atoms with Gasteiger partial charge in [-0.25, -0.2) is 8.42 Å². The molecule has 0 aliphatic rings. The molecule has 0 amide bonds. The van der Waals surface area contributed by atoms with Crippen molar-refractivity contribution in [3.8, 4) is 34.5 Å². The number of hydrogen-bond acceptors (Lipinski definition) is 8. The van der Waals surface area contributed by atoms with Crippen molar-refractivity contribution in [3.63, 3.8) is 0 Å². The van der Waals surface area contributed by atoms with E-state index in [2.05, 4.69) is 0 Å². The van der Waals surface area contributed by atoms with Gasteiger partial charge in [0.1, 0.15) is 45.0 Å². The van der Waals surface area contributed by atoms with Gasteiger partial charge in [0.15, 0.2) is 9.84 Å². The number of sulfone groups is 1. The Morgan fingerprint density at radius 2 is 0.800 bits per heavy atom. The fourth-order valence-electron chi connectivity index (χ4n) is 5.05. The molecule has 0 bridgehead atoms. The number of benzene rings is 4. The molecule has 0 spiro atoms. The zero-order valence-electron chi connectivity index (χ0n) is 26.2. The van der Waals surface area contributed by atoms with Crippen LogP contribution in [0.2, 0.25) is 0 Å². The predicted octanol–water partition coefficient (Wildman–Crippen LogP) is 7.36. The molecular weight excluding hydrogens is 592 g/mol. The predicted molar refractivity (Wildman–Crippen MR) is 178 cm³/mol. The standard InChI is InChI=1S/C36H38O8S/c1-39-27-21-29(41-3)35(30(22-27)42-4)33(19-17-25-13-9-7-10-14-25)45(37,38)34(20-18-26-15-11-8-12-16-26)36-31(43-5)23-28(40-2)24-32(36)44-6/h7-24,33-34H,1-6H3. The summed E-state index contributed by atoms with van der Waals surface area (Å²) in [5, 5.41) is -2.51. The molecule has 45 heavy (non-hydrogen) atoms. The van der Waals surface area contributed by atoms with Crippen molar-refractivity contribution in [2.45, 2.75) is 10.5 Å². The third-order valence-corrected chi connectivity index (χ3v) is 9.51. The topological polar surface area (TPSA) is 89.5 Å². The van der Waals surface area contributed by atoms with Gasteiger partial charge in [-0.2, -0.15) is 0 Å². The maximum Gasteiger partial charge on any atom is 0.172 e. The lowest BCUT2D eigenvalue weighted by Gasteiger charge is -2.27. The fraction of sp³-hybridized carbons (Fsp3) is 0.222. The van der Waals surface area contributed by atoms with Gasteiger partial charge in [0.25, 0.3) is 0 Å². The van der Waals surface area contributed by atoms with Gasteiger partial charge >= 0.3 is 0 Å². The van der Waals surface area contributed by atoms with Crippen LogP contribution in [0.25, 0.3) is 12.2 Å². The van der Waals surface area contributed by atoms with Crippen LogP contribution < -0.4 is 28.4 Å². The van der Waals surface area contributed by atoms with E-state index < -0.39 is 20.3 Å². The highest BCUT2D eigenvalue weighted by Crippen LogP contribution is 2.50. The minimum atomic E-state index is -4.25. The summed E-state index contributed by atoms with van der Waals surface area (Å²) in [5.74, 6) is 2.06. The molecule has 2 atom stereocenters. The lowest BCUT2D eigenvalue weighted by Crippen LogP contribution is -2.21. The summed E-state index contributed by atoms with van der Waals surface area (Å²) in [7, 11) is 4.69. The number of hydrogen-bond donors (Lipinski definition) is 0. The van der Waals surface area contributed by atoms with Crippen molar-refractivity contribution in [1.29, 1.82) is 0 Å². The Kier molecular flexibility index (Phi) is 11.2. The molecule has 4 rings (SSSR count). The first-order valence-corrected chi connectivity index (χ1v) is 15.7. The molecular formula is C36H38O8S. The van der Waals surface area contributed by atoms with Gasteiger partial charge in [0.2, 0.25) is 0 Å². The summed E-state index contributed by atoms with van der Waals surface area (Å²) < 4.78 is 64.4. The van der Waals surface area contributed by atoms with E-state index in [1.54, 1.807) is 48.6 Å². The summed E-state index contributed by atoms with van der Waals surface area (Å²) >= 11 is 0. The normalized spacial score (nSPS) is 12.9. The first kappa shape index (κ1) is 33.0. The number of methoxy groups -OCH3 is 6. The molecule has 0 aromatic heterocycles. The van der Waals surface area contributed by atoms with Crippen LogP contribution in [0.15, 0.2) is 97.1 Å². The van der Waals surface area contributed by atoms with Gasteiger partial charge in [-0.3, -0.25) is 0 Å². The van der Waals surface area contributed by atoms with E-state index in [4.69, 9.17) is 28.4 Å². The maximum absolute atomic E-state index is 15.3. The van der Waals surface area contributed by atoms with Crippen molar-refractivity contribution in [3.05, 3.63) is 119 Å². The zero-order valence-corrected chi connectivity index (χ0v) is 27.0. The van der Waals surface area contributed by atoms with Gasteiger partial charge in [-0.15, -0.1) is 0 Å². The van der Waals surface area contributed by atoms with E-state index >= 15 is 8.42 Å². The van der Waals surface area contributed by atoms with Crippen LogP contribution in [-0.2, 0) is 9.84 Å². The third kappa shape index (κ3) is 7.44. The fourth-order valence-corrected chi connectivity index (χ4v) is 7.08. The Hall–Kier alpha value is -4.89. The van der Waals surface area contributed by atoms with Crippen LogP contribution in [-0.4, -0.2) is 51.1 Å². The molecule has 4 aromatic carbocycles. The molecule has 0 N–H and O–H groups in total. The second kappa shape index (κ2) is 15.2. The van der Waals surface area contributed by atoms with Gasteiger partial charge in [-0.05, 0) is 11.1 Å². The minimum absolute atomic E-state index is 0.289. The van der Waals surface area contributed by atoms with Crippen molar-refractivity contribution in [2.75, 3.05) is 42.7 Å². The molecule has 4 aromatic rings. The molecule has 0 aliphatic carbocycles. The number of rotatable bonds is 14. The summed E-state index contributed by atoms with van der Waals surface area (Å²) in [6.45, 7) is 0. The SMILES string of the molecule is COc1cc(OC)c(C(C=Cc2ccccc2)S(=O)(=O)C(C=Cc2ccccc2)c2c(OC)cc(OC)cc2OC)c(OC)c1. The lowest BCUT2D eigenvalue weighted by molar-refractivity contribution is 0.368. The van der Waals surface area contributed by atoms with E-state index in [0.29, 0.717) is 22.6 Å². The zero-order chi connectivity index (χ0) is 32.4. The van der Waals surface area contributed by atoms with Crippen molar-refractivity contribution in [2.24, 2.45) is 0 Å². The maximum atomic E-state index is 15.3. The van der Waals surface area contributed by atoms with Gasteiger partial charge in [0, 0.05) is 24.3 Å². The Morgan fingerprint density at radius 1 is 0.489 bits per heavy atom. The van der Waals surface area contributed by atoms with Gasteiger partial charge in [-0.1, -0.05) is 85.0 Å². The second-order valence-electron chi connectivity index (χ2n) is 9.86. The molecule has 236 valence electrons. The van der Waals surface area contributed by atoms with Gasteiger partial charge in [0.05, 0.1) is 53.8 Å². The average Bonchev–Trinajstić information content (AvgIpc) is 3.08. The van der Waals surface area contributed by atoms with Crippen molar-refractivity contribution in [1.82, 2.24) is 0 Å². The first-order chi connectivity index (χ1) is 21.8. The molecule has 8 nitrogen and oxygen atoms in total. The molecule has 2 unspecified atom stereocenters. The third-order valence-electron chi connectivity index (χ3n) is 7.31. The van der Waals surface area contributed by atoms with Gasteiger partial charge < -0.3 is 28.4 Å². The smallest absolute Gasteiger partial charge is 0.172 e. The van der Waals surface area contributed by atoms with Crippen molar-refractivity contribution < 1.29 is 36.8 Å². The van der Waals surface area contributed by atoms with E-state index in [9.17, 15) is 0 Å². The summed E-state index contributed by atoms with van der Waals surface area (Å²) in [5.41, 5.74) is 2.27. The summed E-state index contributed by atoms with van der Waals surface area (Å²) in [4.78, 5) is 0. The van der Waals surface area contributed by atoms with Crippen LogP contribution in [0.3, 0.4) is 0 Å². The quantitative estimate of drug-likeness (QED) is 0.143. The Balaban J connectivity index is 2.06. The number of ether oxygens (including phenoxy) is 6. The van der Waals surface area contributed by atoms with Crippen molar-refractivity contribution >= 4 is 22.0 Å². The minimum Gasteiger partial charge on any atom is -0.496 e. The molecule has 0 heterocycles. The van der Waals surface area contributed by atoms with E-state index in [0.717, 1.165) is 11.1 Å². The highest BCUT2D eigenvalue weighted by Gasteiger charge is 2.40. The largest absolute Gasteiger partial charge is 0.496 e. The lowest BCUT2D eigenvalue weighted by atomic mass is 10.1. The molecule has 0 aliphatic heterocycles. The van der Waals surface area contributed by atoms with E-state index in [1.165, 1.54) is 42.7 Å². The van der Waals surface area contributed by atoms with E-state index in [1.807, 2.05) is 60.7 Å². The monoisotopic (exact) mass is 630 g/mol. The first-order valence-electron chi connectivity index (χ1n) is 14.1. The van der Waals surface area contributed by atoms with Crippen LogP contribution in [0, 0.1) is 0 Å². The van der Waals surface area contributed by atoms with Crippen LogP contribution in [0.4, 0.5) is 0 Å². The summed E-state index contributed by atoms with van der Waals surface area (Å²) in [6, 6.07) is 25.5. The Bertz CT molecular complexity index is 1560. The molecule has 0 radical (unpaired) electrons. The molecule has 0 saturated heterocycles. The average molecular weight is 631 g/mol. The molecule has 9 heteroatoms.